The van der Waals surface area contributed by atoms with Crippen LogP contribution in [0.2, 0.25) is 0 Å². The molecule has 0 amide bonds. The minimum atomic E-state index is 0.154. The Balaban J connectivity index is 1.98. The Morgan fingerprint density at radius 3 is 2.85 bits per heavy atom. The summed E-state index contributed by atoms with van der Waals surface area (Å²) in [6, 6.07) is 2.53. The molecule has 0 bridgehead atoms. The summed E-state index contributed by atoms with van der Waals surface area (Å²) in [7, 11) is 3.94. The van der Waals surface area contributed by atoms with Gasteiger partial charge in [0.2, 0.25) is 0 Å². The fraction of sp³-hybridized carbons (Fsp3) is 0.571. The normalized spacial score (nSPS) is 16.8. The van der Waals surface area contributed by atoms with Crippen molar-refractivity contribution in [2.75, 3.05) is 7.05 Å². The van der Waals surface area contributed by atoms with Crippen molar-refractivity contribution < 1.29 is 0 Å². The van der Waals surface area contributed by atoms with Crippen LogP contribution in [0, 0.1) is 0 Å². The molecule has 0 aromatic carbocycles. The molecular formula is C14H19BrN4S. The van der Waals surface area contributed by atoms with Crippen molar-refractivity contribution in [1.82, 2.24) is 20.3 Å². The number of nitrogens with zero attached hydrogens (tertiary/aromatic N) is 3. The Bertz CT molecular complexity index is 561. The molecule has 20 heavy (non-hydrogen) atoms. The van der Waals surface area contributed by atoms with Gasteiger partial charge in [0.15, 0.2) is 4.60 Å². The highest BCUT2D eigenvalue weighted by Crippen LogP contribution is 2.36. The zero-order chi connectivity index (χ0) is 14.1. The van der Waals surface area contributed by atoms with E-state index in [4.69, 9.17) is 0 Å². The number of hydrogen-bond acceptors (Lipinski definition) is 4. The molecular weight excluding hydrogens is 336 g/mol. The van der Waals surface area contributed by atoms with Gasteiger partial charge in [-0.25, -0.2) is 4.68 Å². The molecule has 0 fully saturated rings. The van der Waals surface area contributed by atoms with Crippen molar-refractivity contribution >= 4 is 27.3 Å². The van der Waals surface area contributed by atoms with Crippen LogP contribution in [0.15, 0.2) is 10.7 Å². The zero-order valence-corrected chi connectivity index (χ0v) is 14.2. The second kappa shape index (κ2) is 5.95. The van der Waals surface area contributed by atoms with Gasteiger partial charge in [0, 0.05) is 16.8 Å². The molecule has 2 heterocycles. The molecule has 0 radical (unpaired) electrons. The number of hydrogen-bond donors (Lipinski definition) is 1. The number of halogens is 1. The molecule has 1 unspecified atom stereocenters. The summed E-state index contributed by atoms with van der Waals surface area (Å²) in [5, 5.41) is 11.6. The lowest BCUT2D eigenvalue weighted by molar-refractivity contribution is 0.602. The predicted molar refractivity (Wildman–Crippen MR) is 85.2 cm³/mol. The van der Waals surface area contributed by atoms with Crippen molar-refractivity contribution in [3.63, 3.8) is 0 Å². The SMILES string of the molecule is CNC(c1cc2c(s1)CCCCC2)c1c(Br)nnn1C. The first kappa shape index (κ1) is 14.2. The van der Waals surface area contributed by atoms with E-state index in [0.29, 0.717) is 0 Å². The van der Waals surface area contributed by atoms with Gasteiger partial charge in [-0.3, -0.25) is 0 Å². The van der Waals surface area contributed by atoms with Crippen LogP contribution in [-0.2, 0) is 19.9 Å². The lowest BCUT2D eigenvalue weighted by Gasteiger charge is -2.14. The van der Waals surface area contributed by atoms with Crippen LogP contribution in [0.5, 0.6) is 0 Å². The van der Waals surface area contributed by atoms with Crippen LogP contribution < -0.4 is 5.32 Å². The monoisotopic (exact) mass is 354 g/mol. The lowest BCUT2D eigenvalue weighted by atomic mass is 10.1. The van der Waals surface area contributed by atoms with Crippen molar-refractivity contribution in [2.45, 2.75) is 38.1 Å². The first-order valence-corrected chi connectivity index (χ1v) is 8.65. The third-order valence-electron chi connectivity index (χ3n) is 3.94. The molecule has 1 N–H and O–H groups in total. The third-order valence-corrected chi connectivity index (χ3v) is 5.81. The number of rotatable bonds is 3. The van der Waals surface area contributed by atoms with Crippen molar-refractivity contribution in [3.05, 3.63) is 31.7 Å². The van der Waals surface area contributed by atoms with Gasteiger partial charge in [-0.2, -0.15) is 0 Å². The average Bonchev–Trinajstić information content (AvgIpc) is 2.90. The van der Waals surface area contributed by atoms with E-state index in [-0.39, 0.29) is 6.04 Å². The fourth-order valence-corrected chi connectivity index (χ4v) is 4.82. The predicted octanol–water partition coefficient (Wildman–Crippen LogP) is 3.22. The van der Waals surface area contributed by atoms with Gasteiger partial charge in [0.25, 0.3) is 0 Å². The number of fused-ring (bicyclic) bond motifs is 1. The molecule has 6 heteroatoms. The van der Waals surface area contributed by atoms with Gasteiger partial charge in [-0.05, 0) is 60.3 Å². The van der Waals surface area contributed by atoms with Crippen LogP contribution >= 0.6 is 27.3 Å². The summed E-state index contributed by atoms with van der Waals surface area (Å²) in [4.78, 5) is 2.94. The van der Waals surface area contributed by atoms with E-state index >= 15 is 0 Å². The number of nitrogens with one attached hydrogen (secondary N) is 1. The minimum absolute atomic E-state index is 0.154. The highest BCUT2D eigenvalue weighted by molar-refractivity contribution is 9.10. The maximum absolute atomic E-state index is 4.10. The molecule has 2 aromatic rings. The van der Waals surface area contributed by atoms with E-state index in [1.807, 2.05) is 30.1 Å². The Morgan fingerprint density at radius 2 is 2.15 bits per heavy atom. The Morgan fingerprint density at radius 1 is 1.35 bits per heavy atom. The summed E-state index contributed by atoms with van der Waals surface area (Å²) in [6.45, 7) is 0. The van der Waals surface area contributed by atoms with Gasteiger partial charge in [-0.15, -0.1) is 16.4 Å². The smallest absolute Gasteiger partial charge is 0.153 e. The first-order chi connectivity index (χ1) is 9.70. The molecule has 2 aromatic heterocycles. The lowest BCUT2D eigenvalue weighted by Crippen LogP contribution is -2.20. The molecule has 3 rings (SSSR count). The van der Waals surface area contributed by atoms with E-state index < -0.39 is 0 Å². The van der Waals surface area contributed by atoms with Gasteiger partial charge < -0.3 is 5.32 Å². The minimum Gasteiger partial charge on any atom is -0.307 e. The Labute approximate surface area is 131 Å². The Kier molecular flexibility index (Phi) is 4.23. The van der Waals surface area contributed by atoms with Crippen molar-refractivity contribution in [1.29, 1.82) is 0 Å². The average molecular weight is 355 g/mol. The fourth-order valence-electron chi connectivity index (χ4n) is 2.89. The van der Waals surface area contributed by atoms with Gasteiger partial charge in [-0.1, -0.05) is 11.6 Å². The summed E-state index contributed by atoms with van der Waals surface area (Å²) in [5.41, 5.74) is 2.64. The van der Waals surface area contributed by atoms with Crippen LogP contribution in [0.1, 0.15) is 46.3 Å². The number of aromatic nitrogens is 3. The molecule has 1 atom stereocenters. The van der Waals surface area contributed by atoms with Crippen LogP contribution in [0.4, 0.5) is 0 Å². The second-order valence-corrected chi connectivity index (χ2v) is 7.19. The quantitative estimate of drug-likeness (QED) is 0.860. The number of thiophene rings is 1. The number of aryl methyl sites for hydroxylation is 3. The molecule has 108 valence electrons. The molecule has 0 saturated heterocycles. The van der Waals surface area contributed by atoms with E-state index in [9.17, 15) is 0 Å². The maximum Gasteiger partial charge on any atom is 0.153 e. The van der Waals surface area contributed by atoms with E-state index in [2.05, 4.69) is 37.6 Å². The summed E-state index contributed by atoms with van der Waals surface area (Å²) in [6.07, 6.45) is 6.48. The summed E-state index contributed by atoms with van der Waals surface area (Å²) >= 11 is 5.46. The molecule has 4 nitrogen and oxygen atoms in total. The summed E-state index contributed by atoms with van der Waals surface area (Å²) < 4.78 is 2.67. The Hall–Kier alpha value is -0.720. The van der Waals surface area contributed by atoms with Crippen LogP contribution in [-0.4, -0.2) is 22.0 Å². The molecule has 1 aliphatic carbocycles. The van der Waals surface area contributed by atoms with E-state index in [1.54, 1.807) is 10.4 Å². The van der Waals surface area contributed by atoms with Crippen LogP contribution in [0.25, 0.3) is 0 Å². The largest absolute Gasteiger partial charge is 0.307 e. The zero-order valence-electron chi connectivity index (χ0n) is 11.8. The van der Waals surface area contributed by atoms with E-state index in [0.717, 1.165) is 10.3 Å². The third kappa shape index (κ3) is 2.56. The molecule has 0 aliphatic heterocycles. The molecule has 0 spiro atoms. The van der Waals surface area contributed by atoms with Gasteiger partial charge in [0.1, 0.15) is 0 Å². The highest BCUT2D eigenvalue weighted by atomic mass is 79.9. The second-order valence-electron chi connectivity index (χ2n) is 5.27. The highest BCUT2D eigenvalue weighted by Gasteiger charge is 2.24. The molecule has 1 aliphatic rings. The molecule has 0 saturated carbocycles. The van der Waals surface area contributed by atoms with Crippen molar-refractivity contribution in [3.8, 4) is 0 Å². The van der Waals surface area contributed by atoms with Gasteiger partial charge in [0.05, 0.1) is 11.7 Å². The summed E-state index contributed by atoms with van der Waals surface area (Å²) in [5.74, 6) is 0. The van der Waals surface area contributed by atoms with E-state index in [1.165, 1.54) is 37.0 Å². The maximum atomic E-state index is 4.10. The van der Waals surface area contributed by atoms with Crippen molar-refractivity contribution in [2.24, 2.45) is 7.05 Å². The first-order valence-electron chi connectivity index (χ1n) is 7.04. The standard InChI is InChI=1S/C14H19BrN4S/c1-16-12(13-14(15)17-18-19(13)2)11-8-9-6-4-3-5-7-10(9)20-11/h8,12,16H,3-7H2,1-2H3. The van der Waals surface area contributed by atoms with Crippen LogP contribution in [0.3, 0.4) is 0 Å². The van der Waals surface area contributed by atoms with Gasteiger partial charge >= 0.3 is 0 Å². The topological polar surface area (TPSA) is 42.7 Å².